The van der Waals surface area contributed by atoms with Gasteiger partial charge in [-0.25, -0.2) is 0 Å². The zero-order valence-corrected chi connectivity index (χ0v) is 14.2. The highest BCUT2D eigenvalue weighted by Crippen LogP contribution is 2.23. The molecule has 5 nitrogen and oxygen atoms in total. The second kappa shape index (κ2) is 7.45. The monoisotopic (exact) mass is 324 g/mol. The lowest BCUT2D eigenvalue weighted by Crippen LogP contribution is -2.50. The highest BCUT2D eigenvalue weighted by molar-refractivity contribution is 5.82. The van der Waals surface area contributed by atoms with Crippen LogP contribution in [0.15, 0.2) is 42.7 Å². The van der Waals surface area contributed by atoms with Gasteiger partial charge in [0.2, 0.25) is 5.91 Å². The highest BCUT2D eigenvalue weighted by atomic mass is 16.2. The lowest BCUT2D eigenvalue weighted by molar-refractivity contribution is -0.132. The number of hydrogen-bond donors (Lipinski definition) is 2. The highest BCUT2D eigenvalue weighted by Gasteiger charge is 2.27. The largest absolute Gasteiger partial charge is 0.376 e. The van der Waals surface area contributed by atoms with E-state index < -0.39 is 0 Å². The van der Waals surface area contributed by atoms with Crippen molar-refractivity contribution in [1.82, 2.24) is 15.2 Å². The number of para-hydroxylation sites is 1. The first-order valence-corrected chi connectivity index (χ1v) is 8.37. The Morgan fingerprint density at radius 2 is 2.08 bits per heavy atom. The quantitative estimate of drug-likeness (QED) is 0.906. The number of nitrogens with one attached hydrogen (secondary N) is 2. The average molecular weight is 324 g/mol. The summed E-state index contributed by atoms with van der Waals surface area (Å²) in [6.45, 7) is 6.73. The molecule has 0 spiro atoms. The molecule has 5 heteroatoms. The van der Waals surface area contributed by atoms with E-state index in [1.807, 2.05) is 29.3 Å². The van der Waals surface area contributed by atoms with E-state index in [0.717, 1.165) is 35.5 Å². The van der Waals surface area contributed by atoms with Crippen LogP contribution in [0.3, 0.4) is 0 Å². The molecule has 1 aliphatic heterocycles. The second-order valence-corrected chi connectivity index (χ2v) is 6.21. The lowest BCUT2D eigenvalue weighted by atomic mass is 10.1. The Morgan fingerprint density at radius 1 is 1.29 bits per heavy atom. The molecule has 0 bridgehead atoms. The van der Waals surface area contributed by atoms with Crippen LogP contribution in [0.5, 0.6) is 0 Å². The van der Waals surface area contributed by atoms with Crippen molar-refractivity contribution in [2.45, 2.75) is 19.9 Å². The minimum atomic E-state index is 0.0414. The molecular formula is C19H24N4O. The zero-order chi connectivity index (χ0) is 16.9. The molecule has 0 radical (unpaired) electrons. The van der Waals surface area contributed by atoms with Gasteiger partial charge in [-0.2, -0.15) is 0 Å². The topological polar surface area (TPSA) is 57.3 Å². The second-order valence-electron chi connectivity index (χ2n) is 6.21. The average Bonchev–Trinajstić information content (AvgIpc) is 2.62. The van der Waals surface area contributed by atoms with E-state index in [0.29, 0.717) is 13.1 Å². The van der Waals surface area contributed by atoms with E-state index in [4.69, 9.17) is 0 Å². The van der Waals surface area contributed by atoms with E-state index in [1.165, 1.54) is 0 Å². The Morgan fingerprint density at radius 3 is 2.79 bits per heavy atom. The normalized spacial score (nSPS) is 17.6. The number of benzene rings is 1. The van der Waals surface area contributed by atoms with Crippen LogP contribution in [0.4, 0.5) is 5.69 Å². The summed E-state index contributed by atoms with van der Waals surface area (Å²) in [5.74, 6) is 0.119. The van der Waals surface area contributed by atoms with Gasteiger partial charge in [0, 0.05) is 37.7 Å². The van der Waals surface area contributed by atoms with Crippen LogP contribution < -0.4 is 10.6 Å². The van der Waals surface area contributed by atoms with Gasteiger partial charge in [-0.05, 0) is 36.6 Å². The third-order valence-corrected chi connectivity index (χ3v) is 4.53. The summed E-state index contributed by atoms with van der Waals surface area (Å²) >= 11 is 0. The van der Waals surface area contributed by atoms with Crippen molar-refractivity contribution in [3.05, 3.63) is 59.4 Å². The van der Waals surface area contributed by atoms with Gasteiger partial charge in [-0.1, -0.05) is 24.3 Å². The molecule has 0 aliphatic carbocycles. The number of rotatable bonds is 4. The number of aromatic nitrogens is 1. The number of hydrogen-bond acceptors (Lipinski definition) is 4. The Balaban J connectivity index is 1.71. The van der Waals surface area contributed by atoms with E-state index >= 15 is 0 Å². The zero-order valence-electron chi connectivity index (χ0n) is 14.2. The fourth-order valence-electron chi connectivity index (χ4n) is 3.23. The molecule has 2 aromatic rings. The van der Waals surface area contributed by atoms with Crippen molar-refractivity contribution in [3.63, 3.8) is 0 Å². The molecule has 126 valence electrons. The predicted octanol–water partition coefficient (Wildman–Crippen LogP) is 2.28. The van der Waals surface area contributed by atoms with Crippen LogP contribution in [0.1, 0.15) is 22.7 Å². The van der Waals surface area contributed by atoms with Gasteiger partial charge in [0.1, 0.15) is 0 Å². The Hall–Kier alpha value is -2.40. The molecule has 0 saturated carbocycles. The van der Waals surface area contributed by atoms with Crippen molar-refractivity contribution in [1.29, 1.82) is 0 Å². The smallest absolute Gasteiger partial charge is 0.242 e. The molecule has 1 aromatic heterocycles. The minimum absolute atomic E-state index is 0.0414. The minimum Gasteiger partial charge on any atom is -0.376 e. The van der Waals surface area contributed by atoms with Crippen molar-refractivity contribution >= 4 is 11.6 Å². The molecule has 2 N–H and O–H groups in total. The maximum atomic E-state index is 12.8. The fourth-order valence-corrected chi connectivity index (χ4v) is 3.23. The van der Waals surface area contributed by atoms with Crippen LogP contribution >= 0.6 is 0 Å². The first-order chi connectivity index (χ1) is 11.7. The number of pyridine rings is 1. The van der Waals surface area contributed by atoms with Crippen LogP contribution in [-0.4, -0.2) is 42.0 Å². The van der Waals surface area contributed by atoms with Gasteiger partial charge >= 0.3 is 0 Å². The van der Waals surface area contributed by atoms with E-state index in [2.05, 4.69) is 41.6 Å². The van der Waals surface area contributed by atoms with Gasteiger partial charge in [0.25, 0.3) is 0 Å². The van der Waals surface area contributed by atoms with Gasteiger partial charge in [-0.3, -0.25) is 9.78 Å². The standard InChI is InChI=1S/C19H24N4O/c1-14-5-3-6-15(2)19(14)22-13-18(24)23-10-9-21-12-17(23)16-7-4-8-20-11-16/h3-8,11,17,21-22H,9-10,12-13H2,1-2H3. The molecule has 1 saturated heterocycles. The number of aryl methyl sites for hydroxylation is 2. The number of carbonyl (C=O) groups is 1. The molecule has 1 unspecified atom stereocenters. The first-order valence-electron chi connectivity index (χ1n) is 8.37. The van der Waals surface area contributed by atoms with Crippen LogP contribution in [0, 0.1) is 13.8 Å². The predicted molar refractivity (Wildman–Crippen MR) is 96.0 cm³/mol. The molecule has 1 atom stereocenters. The van der Waals surface area contributed by atoms with E-state index in [9.17, 15) is 4.79 Å². The summed E-state index contributed by atoms with van der Waals surface area (Å²) in [6, 6.07) is 10.1. The molecule has 2 heterocycles. The third kappa shape index (κ3) is 3.57. The summed E-state index contributed by atoms with van der Waals surface area (Å²) in [6.07, 6.45) is 3.60. The fraction of sp³-hybridized carbons (Fsp3) is 0.368. The molecule has 3 rings (SSSR count). The lowest BCUT2D eigenvalue weighted by Gasteiger charge is -2.36. The Kier molecular flexibility index (Phi) is 5.11. The summed E-state index contributed by atoms with van der Waals surface area (Å²) in [4.78, 5) is 18.9. The number of piperazine rings is 1. The summed E-state index contributed by atoms with van der Waals surface area (Å²) < 4.78 is 0. The Bertz CT molecular complexity index is 682. The summed E-state index contributed by atoms with van der Waals surface area (Å²) in [5, 5.41) is 6.69. The third-order valence-electron chi connectivity index (χ3n) is 4.53. The maximum absolute atomic E-state index is 12.8. The van der Waals surface area contributed by atoms with Crippen molar-refractivity contribution in [2.75, 3.05) is 31.5 Å². The number of amides is 1. The van der Waals surface area contributed by atoms with Crippen LogP contribution in [0.2, 0.25) is 0 Å². The SMILES string of the molecule is Cc1cccc(C)c1NCC(=O)N1CCNCC1c1cccnc1. The molecule has 1 aromatic carbocycles. The van der Waals surface area contributed by atoms with Crippen LogP contribution in [0.25, 0.3) is 0 Å². The first kappa shape index (κ1) is 16.5. The van der Waals surface area contributed by atoms with E-state index in [1.54, 1.807) is 6.20 Å². The van der Waals surface area contributed by atoms with Gasteiger partial charge in [0.15, 0.2) is 0 Å². The number of carbonyl (C=O) groups excluding carboxylic acids is 1. The molecule has 1 fully saturated rings. The van der Waals surface area contributed by atoms with Crippen molar-refractivity contribution in [3.8, 4) is 0 Å². The molecule has 1 aliphatic rings. The van der Waals surface area contributed by atoms with Gasteiger partial charge in [-0.15, -0.1) is 0 Å². The van der Waals surface area contributed by atoms with E-state index in [-0.39, 0.29) is 11.9 Å². The summed E-state index contributed by atoms with van der Waals surface area (Å²) in [7, 11) is 0. The molecule has 1 amide bonds. The Labute approximate surface area is 143 Å². The molecule has 24 heavy (non-hydrogen) atoms. The van der Waals surface area contributed by atoms with Gasteiger partial charge in [0.05, 0.1) is 12.6 Å². The molecular weight excluding hydrogens is 300 g/mol. The van der Waals surface area contributed by atoms with Gasteiger partial charge < -0.3 is 15.5 Å². The number of anilines is 1. The summed E-state index contributed by atoms with van der Waals surface area (Å²) in [5.41, 5.74) is 4.45. The van der Waals surface area contributed by atoms with Crippen molar-refractivity contribution in [2.24, 2.45) is 0 Å². The van der Waals surface area contributed by atoms with Crippen molar-refractivity contribution < 1.29 is 4.79 Å². The number of nitrogens with zero attached hydrogens (tertiary/aromatic N) is 2. The van der Waals surface area contributed by atoms with Crippen LogP contribution in [-0.2, 0) is 4.79 Å². The maximum Gasteiger partial charge on any atom is 0.242 e.